The number of fused-ring (bicyclic) bond motifs is 1. The van der Waals surface area contributed by atoms with Gasteiger partial charge in [-0.3, -0.25) is 4.90 Å². The van der Waals surface area contributed by atoms with E-state index in [-0.39, 0.29) is 17.5 Å². The predicted octanol–water partition coefficient (Wildman–Crippen LogP) is 5.50. The van der Waals surface area contributed by atoms with Gasteiger partial charge in [-0.05, 0) is 45.2 Å². The molecule has 8 nitrogen and oxygen atoms in total. The van der Waals surface area contributed by atoms with Crippen LogP contribution in [0.3, 0.4) is 0 Å². The Morgan fingerprint density at radius 1 is 1.15 bits per heavy atom. The van der Waals surface area contributed by atoms with Gasteiger partial charge in [-0.15, -0.1) is 0 Å². The molecule has 1 saturated heterocycles. The molecular formula is C27H32F3N5O3S. The first-order chi connectivity index (χ1) is 18.3. The third-order valence-corrected chi connectivity index (χ3v) is 6.97. The van der Waals surface area contributed by atoms with Gasteiger partial charge in [0.25, 0.3) is 0 Å². The summed E-state index contributed by atoms with van der Waals surface area (Å²) < 4.78 is 49.6. The lowest BCUT2D eigenvalue weighted by Gasteiger charge is -2.42. The number of benzene rings is 1. The monoisotopic (exact) mass is 563 g/mol. The van der Waals surface area contributed by atoms with Crippen LogP contribution in [0.2, 0.25) is 0 Å². The molecule has 1 fully saturated rings. The minimum absolute atomic E-state index is 0.0169. The van der Waals surface area contributed by atoms with Gasteiger partial charge in [-0.25, -0.2) is 4.79 Å². The number of hydrogen-bond donors (Lipinski definition) is 0. The number of amides is 1. The maximum Gasteiger partial charge on any atom is 0.479 e. The largest absolute Gasteiger partial charge is 0.479 e. The summed E-state index contributed by atoms with van der Waals surface area (Å²) in [6.45, 7) is 10.2. The van der Waals surface area contributed by atoms with Crippen LogP contribution < -0.4 is 9.08 Å². The molecule has 12 heteroatoms. The van der Waals surface area contributed by atoms with Crippen molar-refractivity contribution in [1.82, 2.24) is 14.8 Å². The van der Waals surface area contributed by atoms with Crippen molar-refractivity contribution < 1.29 is 26.9 Å². The van der Waals surface area contributed by atoms with Gasteiger partial charge in [-0.1, -0.05) is 30.3 Å². The normalized spacial score (nSPS) is 18.4. The zero-order valence-corrected chi connectivity index (χ0v) is 23.2. The Bertz CT molecular complexity index is 1230. The SMILES string of the molecule is CC1CN(C(=O)OC(C)(C)C)CCN1c1nc(OSC(F)(F)F)c(C#N)c2c1CCN(Cc1ccccc1)C2. The number of anilines is 1. The first-order valence-electron chi connectivity index (χ1n) is 12.7. The van der Waals surface area contributed by atoms with Crippen molar-refractivity contribution in [2.75, 3.05) is 31.1 Å². The zero-order chi connectivity index (χ0) is 28.4. The van der Waals surface area contributed by atoms with Crippen molar-refractivity contribution in [3.63, 3.8) is 0 Å². The Kier molecular flexibility index (Phi) is 8.51. The van der Waals surface area contributed by atoms with Gasteiger partial charge in [0.05, 0.1) is 0 Å². The Hall–Kier alpha value is -3.17. The van der Waals surface area contributed by atoms with Crippen LogP contribution in [-0.4, -0.2) is 64.2 Å². The summed E-state index contributed by atoms with van der Waals surface area (Å²) in [5.41, 5.74) is -2.70. The van der Waals surface area contributed by atoms with Crippen molar-refractivity contribution in [2.24, 2.45) is 0 Å². The number of halogens is 3. The third-order valence-electron chi connectivity index (χ3n) is 6.54. The number of piperazine rings is 1. The summed E-state index contributed by atoms with van der Waals surface area (Å²) in [6.07, 6.45) is 0.163. The number of carbonyl (C=O) groups is 1. The molecule has 0 N–H and O–H groups in total. The maximum atomic E-state index is 13.0. The highest BCUT2D eigenvalue weighted by Gasteiger charge is 2.37. The number of ether oxygens (including phenoxy) is 1. The molecule has 2 aromatic rings. The molecule has 1 atom stereocenters. The number of hydrogen-bond acceptors (Lipinski definition) is 8. The summed E-state index contributed by atoms with van der Waals surface area (Å²) in [5.74, 6) is 0.148. The van der Waals surface area contributed by atoms with E-state index in [0.717, 1.165) is 11.1 Å². The number of pyridine rings is 1. The molecule has 0 radical (unpaired) electrons. The van der Waals surface area contributed by atoms with Crippen LogP contribution in [0.4, 0.5) is 23.8 Å². The van der Waals surface area contributed by atoms with Crippen molar-refractivity contribution >= 4 is 24.0 Å². The molecule has 0 bridgehead atoms. The average Bonchev–Trinajstić information content (AvgIpc) is 2.86. The molecule has 3 heterocycles. The topological polar surface area (TPSA) is 81.9 Å². The molecule has 1 unspecified atom stereocenters. The molecule has 0 aliphatic carbocycles. The van der Waals surface area contributed by atoms with Gasteiger partial charge < -0.3 is 18.7 Å². The summed E-state index contributed by atoms with van der Waals surface area (Å²) in [4.78, 5) is 22.9. The van der Waals surface area contributed by atoms with E-state index in [0.29, 0.717) is 57.1 Å². The number of nitriles is 1. The third kappa shape index (κ3) is 7.28. The second-order valence-corrected chi connectivity index (χ2v) is 11.5. The highest BCUT2D eigenvalue weighted by atomic mass is 32.2. The Morgan fingerprint density at radius 3 is 2.49 bits per heavy atom. The van der Waals surface area contributed by atoms with Crippen LogP contribution >= 0.6 is 12.0 Å². The zero-order valence-electron chi connectivity index (χ0n) is 22.4. The fourth-order valence-electron chi connectivity index (χ4n) is 4.89. The van der Waals surface area contributed by atoms with Crippen molar-refractivity contribution in [2.45, 2.75) is 64.4 Å². The van der Waals surface area contributed by atoms with E-state index < -0.39 is 29.2 Å². The van der Waals surface area contributed by atoms with Gasteiger partial charge in [-0.2, -0.15) is 23.4 Å². The molecule has 1 aromatic carbocycles. The van der Waals surface area contributed by atoms with Gasteiger partial charge in [0, 0.05) is 50.9 Å². The molecule has 0 saturated carbocycles. The lowest BCUT2D eigenvalue weighted by atomic mass is 9.95. The summed E-state index contributed by atoms with van der Waals surface area (Å²) in [5, 5.41) is 9.97. The lowest BCUT2D eigenvalue weighted by molar-refractivity contribution is -0.0370. The van der Waals surface area contributed by atoms with Crippen molar-refractivity contribution in [1.29, 1.82) is 5.26 Å². The highest BCUT2D eigenvalue weighted by molar-refractivity contribution is 7.95. The van der Waals surface area contributed by atoms with Gasteiger partial charge >= 0.3 is 11.6 Å². The summed E-state index contributed by atoms with van der Waals surface area (Å²) in [6, 6.07) is 11.7. The minimum Gasteiger partial charge on any atom is -0.444 e. The fraction of sp³-hybridized carbons (Fsp3) is 0.519. The lowest BCUT2D eigenvalue weighted by Crippen LogP contribution is -2.55. The Morgan fingerprint density at radius 2 is 1.87 bits per heavy atom. The summed E-state index contributed by atoms with van der Waals surface area (Å²) in [7, 11) is 0. The quantitative estimate of drug-likeness (QED) is 0.441. The van der Waals surface area contributed by atoms with Crippen LogP contribution in [-0.2, 0) is 24.2 Å². The van der Waals surface area contributed by atoms with E-state index in [4.69, 9.17) is 8.92 Å². The van der Waals surface area contributed by atoms with Crippen LogP contribution in [0.1, 0.15) is 49.9 Å². The molecule has 4 rings (SSSR count). The number of nitrogens with zero attached hydrogens (tertiary/aromatic N) is 5. The number of aromatic nitrogens is 1. The van der Waals surface area contributed by atoms with Crippen LogP contribution in [0, 0.1) is 11.3 Å². The molecule has 39 heavy (non-hydrogen) atoms. The van der Waals surface area contributed by atoms with E-state index in [1.807, 2.05) is 48.2 Å². The van der Waals surface area contributed by atoms with Crippen molar-refractivity contribution in [3.8, 4) is 11.9 Å². The summed E-state index contributed by atoms with van der Waals surface area (Å²) >= 11 is -0.679. The van der Waals surface area contributed by atoms with E-state index in [9.17, 15) is 23.2 Å². The Balaban J connectivity index is 1.65. The second-order valence-electron chi connectivity index (χ2n) is 10.7. The smallest absolute Gasteiger partial charge is 0.444 e. The van der Waals surface area contributed by atoms with Crippen molar-refractivity contribution in [3.05, 3.63) is 52.6 Å². The van der Waals surface area contributed by atoms with Gasteiger partial charge in [0.1, 0.15) is 23.1 Å². The standard InChI is InChI=1S/C27H32F3N5O3S/c1-18-15-34(25(36)37-26(2,3)4)12-13-35(18)23-20-10-11-33(16-19-8-6-5-7-9-19)17-22(20)21(14-31)24(32-23)38-39-27(28,29)30/h5-9,18H,10-13,15-17H2,1-4H3. The molecular weight excluding hydrogens is 531 g/mol. The number of rotatable bonds is 5. The van der Waals surface area contributed by atoms with E-state index >= 15 is 0 Å². The van der Waals surface area contributed by atoms with E-state index in [1.54, 1.807) is 25.7 Å². The molecule has 1 aromatic heterocycles. The second kappa shape index (κ2) is 11.5. The van der Waals surface area contributed by atoms with E-state index in [2.05, 4.69) is 9.88 Å². The molecule has 210 valence electrons. The minimum atomic E-state index is -4.66. The first kappa shape index (κ1) is 28.8. The van der Waals surface area contributed by atoms with E-state index in [1.165, 1.54) is 0 Å². The highest BCUT2D eigenvalue weighted by Crippen LogP contribution is 2.39. The van der Waals surface area contributed by atoms with Gasteiger partial charge in [0.2, 0.25) is 5.88 Å². The van der Waals surface area contributed by atoms with Crippen LogP contribution in [0.5, 0.6) is 5.88 Å². The molecule has 2 aliphatic heterocycles. The maximum absolute atomic E-state index is 13.0. The molecule has 0 spiro atoms. The predicted molar refractivity (Wildman–Crippen MR) is 142 cm³/mol. The molecule has 1 amide bonds. The Labute approximate surface area is 230 Å². The average molecular weight is 564 g/mol. The van der Waals surface area contributed by atoms with Gasteiger partial charge in [0.15, 0.2) is 12.0 Å². The van der Waals surface area contributed by atoms with Crippen LogP contribution in [0.25, 0.3) is 0 Å². The molecule has 2 aliphatic rings. The number of carbonyl (C=O) groups excluding carboxylic acids is 1. The van der Waals surface area contributed by atoms with Crippen LogP contribution in [0.15, 0.2) is 30.3 Å². The fourth-order valence-corrected chi connectivity index (χ4v) is 5.18. The first-order valence-corrected chi connectivity index (χ1v) is 13.5. The number of alkyl halides is 3.